The molecule has 1 unspecified atom stereocenters. The third kappa shape index (κ3) is 2.27. The van der Waals surface area contributed by atoms with Gasteiger partial charge in [0.2, 0.25) is 5.96 Å². The van der Waals surface area contributed by atoms with Gasteiger partial charge in [-0.15, -0.1) is 0 Å². The first-order valence-electron chi connectivity index (χ1n) is 4.08. The van der Waals surface area contributed by atoms with E-state index in [4.69, 9.17) is 15.7 Å². The van der Waals surface area contributed by atoms with Crippen LogP contribution >= 0.6 is 0 Å². The van der Waals surface area contributed by atoms with Crippen LogP contribution in [-0.2, 0) is 4.74 Å². The van der Waals surface area contributed by atoms with Crippen molar-refractivity contribution in [1.29, 1.82) is 0 Å². The summed E-state index contributed by atoms with van der Waals surface area (Å²) in [4.78, 5) is 1.82. The molecule has 70 valence electrons. The number of nitrogens with zero attached hydrogens (tertiary/aromatic N) is 2. The van der Waals surface area contributed by atoms with Gasteiger partial charge in [0, 0.05) is 19.7 Å². The van der Waals surface area contributed by atoms with E-state index in [1.54, 1.807) is 0 Å². The van der Waals surface area contributed by atoms with Gasteiger partial charge in [-0.2, -0.15) is 0 Å². The fourth-order valence-corrected chi connectivity index (χ4v) is 1.27. The topological polar surface area (TPSA) is 71.1 Å². The molecule has 12 heavy (non-hydrogen) atoms. The molecule has 1 rings (SSSR count). The molecule has 1 heterocycles. The van der Waals surface area contributed by atoms with E-state index in [1.165, 1.54) is 0 Å². The highest BCUT2D eigenvalue weighted by Gasteiger charge is 2.16. The quantitative estimate of drug-likeness (QED) is 0.230. The highest BCUT2D eigenvalue weighted by molar-refractivity contribution is 5.77. The molecule has 1 saturated heterocycles. The van der Waals surface area contributed by atoms with Crippen molar-refractivity contribution < 1.29 is 9.94 Å². The molecule has 0 saturated carbocycles. The second-order valence-electron chi connectivity index (χ2n) is 2.94. The fourth-order valence-electron chi connectivity index (χ4n) is 1.27. The van der Waals surface area contributed by atoms with Crippen LogP contribution in [0.3, 0.4) is 0 Å². The van der Waals surface area contributed by atoms with Gasteiger partial charge in [0.05, 0.1) is 6.10 Å². The van der Waals surface area contributed by atoms with Gasteiger partial charge in [-0.05, 0) is 13.3 Å². The van der Waals surface area contributed by atoms with Gasteiger partial charge < -0.3 is 20.6 Å². The molecule has 0 aliphatic carbocycles. The normalized spacial score (nSPS) is 26.9. The second-order valence-corrected chi connectivity index (χ2v) is 2.94. The van der Waals surface area contributed by atoms with Crippen molar-refractivity contribution in [2.45, 2.75) is 19.4 Å². The first-order chi connectivity index (χ1) is 5.74. The van der Waals surface area contributed by atoms with E-state index in [-0.39, 0.29) is 12.1 Å². The van der Waals surface area contributed by atoms with Crippen molar-refractivity contribution in [2.24, 2.45) is 10.9 Å². The van der Waals surface area contributed by atoms with Crippen molar-refractivity contribution in [3.8, 4) is 0 Å². The van der Waals surface area contributed by atoms with Crippen LogP contribution in [0.2, 0.25) is 0 Å². The van der Waals surface area contributed by atoms with E-state index in [0.29, 0.717) is 6.54 Å². The van der Waals surface area contributed by atoms with Gasteiger partial charge in [-0.25, -0.2) is 0 Å². The van der Waals surface area contributed by atoms with Crippen molar-refractivity contribution in [2.75, 3.05) is 19.7 Å². The summed E-state index contributed by atoms with van der Waals surface area (Å²) in [6, 6.07) is 0. The number of nitrogens with two attached hydrogens (primary N) is 1. The molecular weight excluding hydrogens is 158 g/mol. The van der Waals surface area contributed by atoms with Gasteiger partial charge in [-0.1, -0.05) is 5.16 Å². The van der Waals surface area contributed by atoms with E-state index in [1.807, 2.05) is 11.8 Å². The zero-order valence-corrected chi connectivity index (χ0v) is 7.23. The molecule has 5 nitrogen and oxygen atoms in total. The summed E-state index contributed by atoms with van der Waals surface area (Å²) >= 11 is 0. The van der Waals surface area contributed by atoms with Crippen LogP contribution in [-0.4, -0.2) is 41.9 Å². The first-order valence-corrected chi connectivity index (χ1v) is 4.08. The molecule has 5 heteroatoms. The lowest BCUT2D eigenvalue weighted by Crippen LogP contribution is -2.40. The molecule has 1 atom stereocenters. The SMILES string of the molecule is CC1CN(C(N)=NO)CCCO1. The van der Waals surface area contributed by atoms with E-state index in [0.717, 1.165) is 19.6 Å². The Kier molecular flexibility index (Phi) is 3.16. The number of hydrogen-bond acceptors (Lipinski definition) is 3. The maximum atomic E-state index is 8.45. The molecule has 0 radical (unpaired) electrons. The summed E-state index contributed by atoms with van der Waals surface area (Å²) in [6.45, 7) is 4.20. The summed E-state index contributed by atoms with van der Waals surface area (Å²) in [6.07, 6.45) is 1.06. The predicted octanol–water partition coefficient (Wildman–Crippen LogP) is -0.199. The molecule has 0 bridgehead atoms. The minimum absolute atomic E-state index is 0.146. The highest BCUT2D eigenvalue weighted by Crippen LogP contribution is 2.04. The molecule has 0 aromatic carbocycles. The smallest absolute Gasteiger partial charge is 0.233 e. The highest BCUT2D eigenvalue weighted by atomic mass is 16.5. The molecule has 0 spiro atoms. The molecule has 0 aromatic heterocycles. The van der Waals surface area contributed by atoms with Gasteiger partial charge in [0.15, 0.2) is 0 Å². The number of rotatable bonds is 0. The predicted molar refractivity (Wildman–Crippen MR) is 45.0 cm³/mol. The minimum Gasteiger partial charge on any atom is -0.408 e. The Balaban J connectivity index is 2.52. The van der Waals surface area contributed by atoms with Crippen molar-refractivity contribution in [3.63, 3.8) is 0 Å². The van der Waals surface area contributed by atoms with E-state index in [9.17, 15) is 0 Å². The molecular formula is C7H15N3O2. The maximum absolute atomic E-state index is 8.45. The largest absolute Gasteiger partial charge is 0.408 e. The van der Waals surface area contributed by atoms with Crippen LogP contribution in [0, 0.1) is 0 Å². The van der Waals surface area contributed by atoms with Gasteiger partial charge in [0.1, 0.15) is 0 Å². The third-order valence-electron chi connectivity index (χ3n) is 1.88. The summed E-state index contributed by atoms with van der Waals surface area (Å²) in [5.74, 6) is 0.173. The Labute approximate surface area is 71.8 Å². The van der Waals surface area contributed by atoms with E-state index < -0.39 is 0 Å². The molecule has 3 N–H and O–H groups in total. The zero-order valence-electron chi connectivity index (χ0n) is 7.23. The molecule has 0 aromatic rings. The van der Waals surface area contributed by atoms with Gasteiger partial charge in [0.25, 0.3) is 0 Å². The van der Waals surface area contributed by atoms with Crippen LogP contribution in [0.1, 0.15) is 13.3 Å². The molecule has 0 amide bonds. The Hall–Kier alpha value is -0.970. The van der Waals surface area contributed by atoms with Crippen LogP contribution in [0.15, 0.2) is 5.16 Å². The van der Waals surface area contributed by atoms with Crippen molar-refractivity contribution in [1.82, 2.24) is 4.90 Å². The standard InChI is InChI=1S/C7H15N3O2/c1-6-5-10(7(8)9-11)3-2-4-12-6/h6,11H,2-5H2,1H3,(H2,8,9). The summed E-state index contributed by atoms with van der Waals surface area (Å²) < 4.78 is 5.39. The van der Waals surface area contributed by atoms with Crippen LogP contribution in [0.25, 0.3) is 0 Å². The van der Waals surface area contributed by atoms with E-state index >= 15 is 0 Å². The summed E-state index contributed by atoms with van der Waals surface area (Å²) in [5.41, 5.74) is 5.45. The van der Waals surface area contributed by atoms with Crippen LogP contribution in [0.4, 0.5) is 0 Å². The Bertz CT molecular complexity index is 172. The number of hydrogen-bond donors (Lipinski definition) is 2. The lowest BCUT2D eigenvalue weighted by Gasteiger charge is -2.21. The molecule has 1 aliphatic heterocycles. The number of oxime groups is 1. The monoisotopic (exact) mass is 173 g/mol. The first kappa shape index (κ1) is 9.12. The number of guanidine groups is 1. The minimum atomic E-state index is 0.146. The Morgan fingerprint density at radius 3 is 3.17 bits per heavy atom. The average Bonchev–Trinajstić information content (AvgIpc) is 2.28. The maximum Gasteiger partial charge on any atom is 0.233 e. The number of ether oxygens (including phenoxy) is 1. The van der Waals surface area contributed by atoms with E-state index in [2.05, 4.69) is 5.16 Å². The second kappa shape index (κ2) is 4.15. The van der Waals surface area contributed by atoms with Crippen molar-refractivity contribution in [3.05, 3.63) is 0 Å². The lowest BCUT2D eigenvalue weighted by atomic mass is 10.3. The average molecular weight is 173 g/mol. The molecule has 1 aliphatic rings. The molecule has 1 fully saturated rings. The van der Waals surface area contributed by atoms with Crippen LogP contribution in [0.5, 0.6) is 0 Å². The van der Waals surface area contributed by atoms with Crippen molar-refractivity contribution >= 4 is 5.96 Å². The van der Waals surface area contributed by atoms with Crippen LogP contribution < -0.4 is 5.73 Å². The zero-order chi connectivity index (χ0) is 8.97. The fraction of sp³-hybridized carbons (Fsp3) is 0.857. The summed E-state index contributed by atoms with van der Waals surface area (Å²) in [5, 5.41) is 11.4. The summed E-state index contributed by atoms with van der Waals surface area (Å²) in [7, 11) is 0. The van der Waals surface area contributed by atoms with Gasteiger partial charge in [-0.3, -0.25) is 0 Å². The lowest BCUT2D eigenvalue weighted by molar-refractivity contribution is 0.0740. The third-order valence-corrected chi connectivity index (χ3v) is 1.88. The Morgan fingerprint density at radius 1 is 1.75 bits per heavy atom. The van der Waals surface area contributed by atoms with Gasteiger partial charge >= 0.3 is 0 Å². The Morgan fingerprint density at radius 2 is 2.50 bits per heavy atom.